The van der Waals surface area contributed by atoms with Gasteiger partial charge in [0.15, 0.2) is 0 Å². The first-order chi connectivity index (χ1) is 17.2. The number of imidazole rings is 1. The standard InChI is InChI=1S/C29H29N5S/c1-21-19-25(24-15-10-17-30-20-24)33-34(21)18-9-8-16-26(35)29-31-27(22-11-4-2-5-12-22)28(32-29)23-13-6-3-7-14-23/h2-7,10-15,17,19-20,26,35H,8-9,16,18H2,1H3,(H,31,32). The minimum absolute atomic E-state index is 0.0413. The number of aromatic nitrogens is 5. The van der Waals surface area contributed by atoms with Crippen LogP contribution in [0.2, 0.25) is 0 Å². The fourth-order valence-electron chi connectivity index (χ4n) is 4.30. The average Bonchev–Trinajstić information content (AvgIpc) is 3.52. The molecule has 176 valence electrons. The van der Waals surface area contributed by atoms with Gasteiger partial charge in [0.25, 0.3) is 0 Å². The SMILES string of the molecule is Cc1cc(-c2cccnc2)nn1CCCCC(S)c1nc(-c2ccccc2)c(-c2ccccc2)[nH]1. The predicted molar refractivity (Wildman–Crippen MR) is 145 cm³/mol. The molecule has 2 aromatic carbocycles. The number of hydrogen-bond donors (Lipinski definition) is 2. The molecule has 0 bridgehead atoms. The maximum absolute atomic E-state index is 4.99. The van der Waals surface area contributed by atoms with Crippen LogP contribution in [0.4, 0.5) is 0 Å². The van der Waals surface area contributed by atoms with Crippen molar-refractivity contribution in [2.45, 2.75) is 38.0 Å². The molecule has 5 nitrogen and oxygen atoms in total. The maximum atomic E-state index is 4.99. The van der Waals surface area contributed by atoms with Gasteiger partial charge in [-0.25, -0.2) is 4.98 Å². The van der Waals surface area contributed by atoms with Crippen molar-refractivity contribution in [2.24, 2.45) is 0 Å². The predicted octanol–water partition coefficient (Wildman–Crippen LogP) is 7.15. The Bertz CT molecular complexity index is 1300. The zero-order chi connectivity index (χ0) is 24.0. The molecule has 0 aliphatic heterocycles. The molecule has 0 aliphatic rings. The topological polar surface area (TPSA) is 59.4 Å². The molecule has 3 heterocycles. The van der Waals surface area contributed by atoms with Gasteiger partial charge in [0.1, 0.15) is 5.82 Å². The summed E-state index contributed by atoms with van der Waals surface area (Å²) in [7, 11) is 0. The van der Waals surface area contributed by atoms with E-state index in [0.717, 1.165) is 71.1 Å². The van der Waals surface area contributed by atoms with Crippen LogP contribution in [0.3, 0.4) is 0 Å². The number of benzene rings is 2. The van der Waals surface area contributed by atoms with Crippen LogP contribution in [0.25, 0.3) is 33.8 Å². The highest BCUT2D eigenvalue weighted by atomic mass is 32.1. The second-order valence-corrected chi connectivity index (χ2v) is 9.35. The molecule has 3 aromatic heterocycles. The Morgan fingerprint density at radius 2 is 1.60 bits per heavy atom. The molecule has 35 heavy (non-hydrogen) atoms. The Balaban J connectivity index is 1.25. The van der Waals surface area contributed by atoms with Gasteiger partial charge in [0.05, 0.1) is 22.3 Å². The van der Waals surface area contributed by atoms with Gasteiger partial charge < -0.3 is 4.98 Å². The van der Waals surface area contributed by atoms with Crippen LogP contribution in [0.1, 0.15) is 36.0 Å². The second kappa shape index (κ2) is 10.7. The molecule has 0 radical (unpaired) electrons. The summed E-state index contributed by atoms with van der Waals surface area (Å²) in [6.45, 7) is 2.99. The average molecular weight is 480 g/mol. The quantitative estimate of drug-likeness (QED) is 0.174. The number of aromatic amines is 1. The molecule has 0 saturated heterocycles. The molecular formula is C29H29N5S. The van der Waals surface area contributed by atoms with Crippen LogP contribution in [0.15, 0.2) is 91.3 Å². The van der Waals surface area contributed by atoms with Crippen LogP contribution in [-0.2, 0) is 6.54 Å². The highest BCUT2D eigenvalue weighted by Crippen LogP contribution is 2.34. The highest BCUT2D eigenvalue weighted by molar-refractivity contribution is 7.80. The second-order valence-electron chi connectivity index (χ2n) is 8.73. The van der Waals surface area contributed by atoms with Gasteiger partial charge in [-0.1, -0.05) is 67.1 Å². The Morgan fingerprint density at radius 1 is 0.886 bits per heavy atom. The number of H-pyrrole nitrogens is 1. The summed E-state index contributed by atoms with van der Waals surface area (Å²) in [5.41, 5.74) is 7.43. The Hall–Kier alpha value is -3.64. The third-order valence-electron chi connectivity index (χ3n) is 6.18. The molecule has 0 spiro atoms. The van der Waals surface area contributed by atoms with Crippen molar-refractivity contribution in [3.8, 4) is 33.8 Å². The zero-order valence-electron chi connectivity index (χ0n) is 19.8. The number of thiol groups is 1. The van der Waals surface area contributed by atoms with E-state index in [4.69, 9.17) is 22.7 Å². The Morgan fingerprint density at radius 3 is 2.31 bits per heavy atom. The molecule has 0 saturated carbocycles. The highest BCUT2D eigenvalue weighted by Gasteiger charge is 2.18. The lowest BCUT2D eigenvalue weighted by molar-refractivity contribution is 0.531. The lowest BCUT2D eigenvalue weighted by Crippen LogP contribution is -2.03. The van der Waals surface area contributed by atoms with Crippen molar-refractivity contribution in [3.05, 3.63) is 103 Å². The summed E-state index contributed by atoms with van der Waals surface area (Å²) in [6, 6.07) is 26.8. The summed E-state index contributed by atoms with van der Waals surface area (Å²) in [4.78, 5) is 12.8. The third kappa shape index (κ3) is 5.38. The fourth-order valence-corrected chi connectivity index (χ4v) is 4.60. The van der Waals surface area contributed by atoms with Gasteiger partial charge in [-0.15, -0.1) is 0 Å². The minimum atomic E-state index is 0.0413. The number of rotatable bonds is 9. The molecule has 0 amide bonds. The lowest BCUT2D eigenvalue weighted by Gasteiger charge is -2.08. The van der Waals surface area contributed by atoms with Gasteiger partial charge in [-0.3, -0.25) is 9.67 Å². The van der Waals surface area contributed by atoms with Crippen molar-refractivity contribution in [1.82, 2.24) is 24.7 Å². The summed E-state index contributed by atoms with van der Waals surface area (Å²) >= 11 is 4.91. The van der Waals surface area contributed by atoms with E-state index < -0.39 is 0 Å². The summed E-state index contributed by atoms with van der Waals surface area (Å²) < 4.78 is 2.09. The lowest BCUT2D eigenvalue weighted by atomic mass is 10.1. The van der Waals surface area contributed by atoms with Crippen molar-refractivity contribution in [2.75, 3.05) is 0 Å². The van der Waals surface area contributed by atoms with Crippen LogP contribution >= 0.6 is 12.6 Å². The normalized spacial score (nSPS) is 12.1. The van der Waals surface area contributed by atoms with E-state index in [1.54, 1.807) is 6.20 Å². The first-order valence-corrected chi connectivity index (χ1v) is 12.5. The molecule has 0 fully saturated rings. The van der Waals surface area contributed by atoms with Gasteiger partial charge in [-0.2, -0.15) is 17.7 Å². The first-order valence-electron chi connectivity index (χ1n) is 12.0. The van der Waals surface area contributed by atoms with E-state index in [9.17, 15) is 0 Å². The van der Waals surface area contributed by atoms with Gasteiger partial charge in [0, 0.05) is 41.3 Å². The largest absolute Gasteiger partial charge is 0.341 e. The van der Waals surface area contributed by atoms with Gasteiger partial charge >= 0.3 is 0 Å². The smallest absolute Gasteiger partial charge is 0.120 e. The van der Waals surface area contributed by atoms with Crippen LogP contribution in [0, 0.1) is 6.92 Å². The van der Waals surface area contributed by atoms with E-state index in [1.165, 1.54) is 0 Å². The maximum Gasteiger partial charge on any atom is 0.120 e. The molecule has 6 heteroatoms. The third-order valence-corrected chi connectivity index (χ3v) is 6.69. The van der Waals surface area contributed by atoms with E-state index in [0.29, 0.717) is 0 Å². The van der Waals surface area contributed by atoms with Crippen LogP contribution in [-0.4, -0.2) is 24.7 Å². The van der Waals surface area contributed by atoms with Crippen LogP contribution < -0.4 is 0 Å². The number of nitrogens with zero attached hydrogens (tertiary/aromatic N) is 4. The molecule has 5 aromatic rings. The van der Waals surface area contributed by atoms with Crippen molar-refractivity contribution < 1.29 is 0 Å². The molecular weight excluding hydrogens is 450 g/mol. The summed E-state index contributed by atoms with van der Waals surface area (Å²) in [6.07, 6.45) is 6.65. The monoisotopic (exact) mass is 479 g/mol. The van der Waals surface area contributed by atoms with Crippen molar-refractivity contribution in [3.63, 3.8) is 0 Å². The van der Waals surface area contributed by atoms with E-state index in [-0.39, 0.29) is 5.25 Å². The number of hydrogen-bond acceptors (Lipinski definition) is 4. The summed E-state index contributed by atoms with van der Waals surface area (Å²) in [5, 5.41) is 4.82. The Labute approximate surface area is 211 Å². The first kappa shape index (κ1) is 23.1. The van der Waals surface area contributed by atoms with Gasteiger partial charge in [0.2, 0.25) is 0 Å². The number of nitrogens with one attached hydrogen (secondary N) is 1. The number of unbranched alkanes of at least 4 members (excludes halogenated alkanes) is 1. The fraction of sp³-hybridized carbons (Fsp3) is 0.207. The number of aryl methyl sites for hydroxylation is 2. The minimum Gasteiger partial charge on any atom is -0.341 e. The summed E-state index contributed by atoms with van der Waals surface area (Å²) in [5.74, 6) is 0.917. The van der Waals surface area contributed by atoms with E-state index >= 15 is 0 Å². The van der Waals surface area contributed by atoms with Gasteiger partial charge in [-0.05, 0) is 38.0 Å². The molecule has 0 aliphatic carbocycles. The molecule has 1 atom stereocenters. The molecule has 5 rings (SSSR count). The van der Waals surface area contributed by atoms with Crippen molar-refractivity contribution in [1.29, 1.82) is 0 Å². The van der Waals surface area contributed by atoms with Crippen LogP contribution in [0.5, 0.6) is 0 Å². The molecule has 1 unspecified atom stereocenters. The zero-order valence-corrected chi connectivity index (χ0v) is 20.7. The van der Waals surface area contributed by atoms with E-state index in [1.807, 2.05) is 42.6 Å². The van der Waals surface area contributed by atoms with E-state index in [2.05, 4.69) is 64.0 Å². The Kier molecular flexibility index (Phi) is 7.09. The number of pyridine rings is 1. The van der Waals surface area contributed by atoms with Crippen molar-refractivity contribution >= 4 is 12.6 Å². The molecule has 1 N–H and O–H groups in total.